The zero-order chi connectivity index (χ0) is 18.2. The third-order valence-corrected chi connectivity index (χ3v) is 4.95. The van der Waals surface area contributed by atoms with Crippen LogP contribution in [0, 0.1) is 5.92 Å². The Bertz CT molecular complexity index is 696. The standard InChI is InChI=1S/C22H28N2O2/c1-2-18-8-6-7-11-20(18)26-21(19-9-4-3-5-10-19)22(25)24-15-13-17-12-14-23-16-17/h3-11,17,21,23H,2,12-16H2,1H3,(H,24,25). The minimum Gasteiger partial charge on any atom is -0.476 e. The lowest BCUT2D eigenvalue weighted by Crippen LogP contribution is -2.34. The molecule has 0 aliphatic carbocycles. The van der Waals surface area contributed by atoms with Crippen molar-refractivity contribution in [2.45, 2.75) is 32.3 Å². The van der Waals surface area contributed by atoms with Gasteiger partial charge < -0.3 is 15.4 Å². The number of aryl methyl sites for hydroxylation is 1. The summed E-state index contributed by atoms with van der Waals surface area (Å²) < 4.78 is 6.18. The summed E-state index contributed by atoms with van der Waals surface area (Å²) in [5.74, 6) is 1.36. The number of benzene rings is 2. The summed E-state index contributed by atoms with van der Waals surface area (Å²) in [4.78, 5) is 12.9. The molecule has 2 aromatic carbocycles. The van der Waals surface area contributed by atoms with Crippen LogP contribution in [0.5, 0.6) is 5.75 Å². The minimum atomic E-state index is -0.634. The molecule has 1 aliphatic heterocycles. The van der Waals surface area contributed by atoms with E-state index in [2.05, 4.69) is 17.6 Å². The zero-order valence-electron chi connectivity index (χ0n) is 15.4. The van der Waals surface area contributed by atoms with Crippen molar-refractivity contribution in [3.05, 3.63) is 65.7 Å². The predicted octanol–water partition coefficient (Wildman–Crippen LogP) is 3.48. The van der Waals surface area contributed by atoms with Crippen molar-refractivity contribution in [3.63, 3.8) is 0 Å². The Hall–Kier alpha value is -2.33. The fraction of sp³-hybridized carbons (Fsp3) is 0.409. The van der Waals surface area contributed by atoms with E-state index in [9.17, 15) is 4.79 Å². The average molecular weight is 352 g/mol. The predicted molar refractivity (Wildman–Crippen MR) is 104 cm³/mol. The van der Waals surface area contributed by atoms with Gasteiger partial charge in [0.25, 0.3) is 5.91 Å². The van der Waals surface area contributed by atoms with Gasteiger partial charge in [-0.25, -0.2) is 0 Å². The highest BCUT2D eigenvalue weighted by atomic mass is 16.5. The smallest absolute Gasteiger partial charge is 0.265 e. The number of para-hydroxylation sites is 1. The molecule has 4 heteroatoms. The second-order valence-corrected chi connectivity index (χ2v) is 6.81. The highest BCUT2D eigenvalue weighted by Crippen LogP contribution is 2.26. The Labute approximate surface area is 156 Å². The molecule has 1 heterocycles. The monoisotopic (exact) mass is 352 g/mol. The quantitative estimate of drug-likeness (QED) is 0.765. The van der Waals surface area contributed by atoms with Gasteiger partial charge in [-0.1, -0.05) is 55.5 Å². The van der Waals surface area contributed by atoms with E-state index >= 15 is 0 Å². The lowest BCUT2D eigenvalue weighted by Gasteiger charge is -2.21. The first-order valence-corrected chi connectivity index (χ1v) is 9.56. The van der Waals surface area contributed by atoms with E-state index in [1.54, 1.807) is 0 Å². The van der Waals surface area contributed by atoms with Crippen molar-refractivity contribution in [1.82, 2.24) is 10.6 Å². The van der Waals surface area contributed by atoms with E-state index in [0.717, 1.165) is 42.8 Å². The first-order chi connectivity index (χ1) is 12.8. The highest BCUT2D eigenvalue weighted by molar-refractivity contribution is 5.82. The number of hydrogen-bond acceptors (Lipinski definition) is 3. The van der Waals surface area contributed by atoms with Crippen molar-refractivity contribution in [2.24, 2.45) is 5.92 Å². The molecule has 26 heavy (non-hydrogen) atoms. The molecular weight excluding hydrogens is 324 g/mol. The fourth-order valence-electron chi connectivity index (χ4n) is 3.39. The van der Waals surface area contributed by atoms with E-state index in [4.69, 9.17) is 4.74 Å². The van der Waals surface area contributed by atoms with Crippen molar-refractivity contribution < 1.29 is 9.53 Å². The molecule has 0 saturated carbocycles. The molecule has 0 spiro atoms. The first kappa shape index (κ1) is 18.5. The lowest BCUT2D eigenvalue weighted by molar-refractivity contribution is -0.128. The number of hydrogen-bond donors (Lipinski definition) is 2. The topological polar surface area (TPSA) is 50.4 Å². The summed E-state index contributed by atoms with van der Waals surface area (Å²) in [5, 5.41) is 6.44. The summed E-state index contributed by atoms with van der Waals surface area (Å²) in [6.45, 7) is 4.92. The Morgan fingerprint density at radius 3 is 2.69 bits per heavy atom. The maximum atomic E-state index is 12.9. The van der Waals surface area contributed by atoms with Crippen LogP contribution in [0.2, 0.25) is 0 Å². The molecule has 2 N–H and O–H groups in total. The zero-order valence-corrected chi connectivity index (χ0v) is 15.4. The third kappa shape index (κ3) is 4.85. The van der Waals surface area contributed by atoms with Crippen LogP contribution in [0.4, 0.5) is 0 Å². The van der Waals surface area contributed by atoms with Crippen molar-refractivity contribution in [2.75, 3.05) is 19.6 Å². The third-order valence-electron chi connectivity index (χ3n) is 4.95. The van der Waals surface area contributed by atoms with Gasteiger partial charge in [0.15, 0.2) is 0 Å². The molecule has 2 unspecified atom stereocenters. The van der Waals surface area contributed by atoms with Crippen LogP contribution in [-0.2, 0) is 11.2 Å². The Kier molecular flexibility index (Phi) is 6.67. The van der Waals surface area contributed by atoms with Gasteiger partial charge >= 0.3 is 0 Å². The number of carbonyl (C=O) groups excluding carboxylic acids is 1. The molecule has 1 saturated heterocycles. The summed E-state index contributed by atoms with van der Waals surface area (Å²) in [6.07, 6.45) is 2.43. The van der Waals surface area contributed by atoms with E-state index in [1.807, 2.05) is 54.6 Å². The Morgan fingerprint density at radius 1 is 1.19 bits per heavy atom. The van der Waals surface area contributed by atoms with Gasteiger partial charge in [0, 0.05) is 12.1 Å². The number of amides is 1. The molecule has 2 atom stereocenters. The maximum Gasteiger partial charge on any atom is 0.265 e. The first-order valence-electron chi connectivity index (χ1n) is 9.56. The number of ether oxygens (including phenoxy) is 1. The van der Waals surface area contributed by atoms with Crippen LogP contribution in [0.25, 0.3) is 0 Å². The minimum absolute atomic E-state index is 0.0759. The molecule has 1 aliphatic rings. The van der Waals surface area contributed by atoms with E-state index in [-0.39, 0.29) is 5.91 Å². The summed E-state index contributed by atoms with van der Waals surface area (Å²) in [5.41, 5.74) is 1.98. The molecular formula is C22H28N2O2. The molecule has 4 nitrogen and oxygen atoms in total. The SMILES string of the molecule is CCc1ccccc1OC(C(=O)NCCC1CCNC1)c1ccccc1. The van der Waals surface area contributed by atoms with Crippen molar-refractivity contribution in [3.8, 4) is 5.75 Å². The normalized spacial score (nSPS) is 17.7. The van der Waals surface area contributed by atoms with Gasteiger partial charge in [0.1, 0.15) is 5.75 Å². The van der Waals surface area contributed by atoms with Gasteiger partial charge in [-0.3, -0.25) is 4.79 Å². The molecule has 1 amide bonds. The van der Waals surface area contributed by atoms with Gasteiger partial charge in [-0.2, -0.15) is 0 Å². The summed E-state index contributed by atoms with van der Waals surface area (Å²) in [7, 11) is 0. The van der Waals surface area contributed by atoms with Crippen LogP contribution in [-0.4, -0.2) is 25.5 Å². The van der Waals surface area contributed by atoms with Crippen molar-refractivity contribution in [1.29, 1.82) is 0 Å². The molecule has 0 bridgehead atoms. The average Bonchev–Trinajstić information content (AvgIpc) is 3.20. The van der Waals surface area contributed by atoms with Crippen molar-refractivity contribution >= 4 is 5.91 Å². The molecule has 3 rings (SSSR count). The summed E-state index contributed by atoms with van der Waals surface area (Å²) in [6, 6.07) is 17.6. The van der Waals surface area contributed by atoms with Gasteiger partial charge in [0.2, 0.25) is 6.10 Å². The molecule has 0 radical (unpaired) electrons. The van der Waals surface area contributed by atoms with Crippen LogP contribution >= 0.6 is 0 Å². The largest absolute Gasteiger partial charge is 0.476 e. The maximum absolute atomic E-state index is 12.9. The second-order valence-electron chi connectivity index (χ2n) is 6.81. The van der Waals surface area contributed by atoms with Crippen LogP contribution in [0.15, 0.2) is 54.6 Å². The second kappa shape index (κ2) is 9.39. The van der Waals surface area contributed by atoms with Gasteiger partial charge in [-0.15, -0.1) is 0 Å². The number of nitrogens with one attached hydrogen (secondary N) is 2. The molecule has 0 aromatic heterocycles. The Balaban J connectivity index is 1.69. The van der Waals surface area contributed by atoms with Gasteiger partial charge in [0.05, 0.1) is 0 Å². The fourth-order valence-corrected chi connectivity index (χ4v) is 3.39. The van der Waals surface area contributed by atoms with Crippen LogP contribution < -0.4 is 15.4 Å². The molecule has 138 valence electrons. The van der Waals surface area contributed by atoms with E-state index in [1.165, 1.54) is 6.42 Å². The van der Waals surface area contributed by atoms with E-state index in [0.29, 0.717) is 12.5 Å². The van der Waals surface area contributed by atoms with Crippen LogP contribution in [0.3, 0.4) is 0 Å². The highest BCUT2D eigenvalue weighted by Gasteiger charge is 2.24. The number of carbonyl (C=O) groups is 1. The molecule has 1 fully saturated rings. The summed E-state index contributed by atoms with van der Waals surface area (Å²) >= 11 is 0. The van der Waals surface area contributed by atoms with Gasteiger partial charge in [-0.05, 0) is 49.9 Å². The Morgan fingerprint density at radius 2 is 1.96 bits per heavy atom. The van der Waals surface area contributed by atoms with E-state index < -0.39 is 6.10 Å². The van der Waals surface area contributed by atoms with Crippen LogP contribution in [0.1, 0.15) is 37.0 Å². The number of rotatable bonds is 8. The lowest BCUT2D eigenvalue weighted by atomic mass is 10.0. The molecule has 2 aromatic rings.